The van der Waals surface area contributed by atoms with Crippen LogP contribution in [0.15, 0.2) is 6.07 Å². The van der Waals surface area contributed by atoms with Crippen LogP contribution in [0.2, 0.25) is 0 Å². The second-order valence-corrected chi connectivity index (χ2v) is 4.20. The summed E-state index contributed by atoms with van der Waals surface area (Å²) in [5.41, 5.74) is 0. The molecule has 0 aliphatic heterocycles. The fourth-order valence-corrected chi connectivity index (χ4v) is 1.61. The predicted molar refractivity (Wildman–Crippen MR) is 63.5 cm³/mol. The Hall–Kier alpha value is -1.36. The predicted octanol–water partition coefficient (Wildman–Crippen LogP) is 1.48. The van der Waals surface area contributed by atoms with Gasteiger partial charge in [0.15, 0.2) is 5.82 Å². The molecule has 2 N–H and O–H groups in total. The number of anilines is 2. The van der Waals surface area contributed by atoms with Gasteiger partial charge in [0.25, 0.3) is 0 Å². The zero-order chi connectivity index (χ0) is 11.5. The summed E-state index contributed by atoms with van der Waals surface area (Å²) in [7, 11) is 3.49. The minimum atomic E-state index is 0.435. The zero-order valence-corrected chi connectivity index (χ0v) is 9.95. The maximum Gasteiger partial charge on any atom is 0.158 e. The van der Waals surface area contributed by atoms with Crippen molar-refractivity contribution in [3.05, 3.63) is 11.9 Å². The summed E-state index contributed by atoms with van der Waals surface area (Å²) in [6.07, 6.45) is 1.22. The van der Waals surface area contributed by atoms with Crippen molar-refractivity contribution in [2.45, 2.75) is 26.0 Å². The van der Waals surface area contributed by atoms with E-state index in [1.165, 1.54) is 6.42 Å². The van der Waals surface area contributed by atoms with E-state index in [0.717, 1.165) is 17.6 Å². The summed E-state index contributed by atoms with van der Waals surface area (Å²) < 4.78 is 5.04. The van der Waals surface area contributed by atoms with Crippen LogP contribution >= 0.6 is 0 Å². The molecule has 0 aromatic carbocycles. The first kappa shape index (κ1) is 11.1. The van der Waals surface area contributed by atoms with E-state index < -0.39 is 0 Å². The van der Waals surface area contributed by atoms with Gasteiger partial charge in [-0.05, 0) is 12.3 Å². The first-order chi connectivity index (χ1) is 7.72. The summed E-state index contributed by atoms with van der Waals surface area (Å²) in [6.45, 7) is 2.67. The zero-order valence-electron chi connectivity index (χ0n) is 9.95. The molecule has 88 valence electrons. The molecule has 0 saturated heterocycles. The lowest BCUT2D eigenvalue weighted by Gasteiger charge is -2.08. The van der Waals surface area contributed by atoms with Crippen LogP contribution in [0.4, 0.5) is 11.6 Å². The Bertz CT molecular complexity index is 369. The third-order valence-corrected chi connectivity index (χ3v) is 2.74. The topological polar surface area (TPSA) is 59.1 Å². The quantitative estimate of drug-likeness (QED) is 0.790. The van der Waals surface area contributed by atoms with Crippen molar-refractivity contribution in [3.8, 4) is 0 Å². The number of ether oxygens (including phenoxy) is 1. The van der Waals surface area contributed by atoms with Crippen molar-refractivity contribution in [2.24, 2.45) is 5.92 Å². The molecule has 1 aliphatic rings. The lowest BCUT2D eigenvalue weighted by atomic mass is 10.4. The van der Waals surface area contributed by atoms with E-state index in [9.17, 15) is 0 Å². The molecule has 1 saturated carbocycles. The van der Waals surface area contributed by atoms with Gasteiger partial charge >= 0.3 is 0 Å². The van der Waals surface area contributed by atoms with Crippen LogP contribution in [0.1, 0.15) is 19.2 Å². The van der Waals surface area contributed by atoms with Gasteiger partial charge in [-0.25, -0.2) is 9.97 Å². The molecule has 5 heteroatoms. The van der Waals surface area contributed by atoms with Gasteiger partial charge in [-0.2, -0.15) is 0 Å². The van der Waals surface area contributed by atoms with Crippen LogP contribution in [0.5, 0.6) is 0 Å². The average molecular weight is 222 g/mol. The number of methoxy groups -OCH3 is 1. The second-order valence-electron chi connectivity index (χ2n) is 4.20. The Balaban J connectivity index is 2.12. The number of aromatic nitrogens is 2. The Kier molecular flexibility index (Phi) is 3.24. The summed E-state index contributed by atoms with van der Waals surface area (Å²) in [5, 5.41) is 6.42. The van der Waals surface area contributed by atoms with E-state index in [2.05, 4.69) is 27.5 Å². The van der Waals surface area contributed by atoms with E-state index in [-0.39, 0.29) is 0 Å². The minimum Gasteiger partial charge on any atom is -0.377 e. The Morgan fingerprint density at radius 2 is 2.12 bits per heavy atom. The van der Waals surface area contributed by atoms with Gasteiger partial charge in [0.2, 0.25) is 0 Å². The highest BCUT2D eigenvalue weighted by atomic mass is 16.5. The third-order valence-electron chi connectivity index (χ3n) is 2.74. The molecule has 2 unspecified atom stereocenters. The maximum atomic E-state index is 5.04. The van der Waals surface area contributed by atoms with Crippen LogP contribution in [-0.2, 0) is 11.3 Å². The number of rotatable bonds is 5. The van der Waals surface area contributed by atoms with Gasteiger partial charge in [0, 0.05) is 26.3 Å². The average Bonchev–Trinajstić information content (AvgIpc) is 2.94. The second kappa shape index (κ2) is 4.65. The molecule has 1 fully saturated rings. The van der Waals surface area contributed by atoms with Gasteiger partial charge in [0.05, 0.1) is 0 Å². The van der Waals surface area contributed by atoms with Crippen LogP contribution in [-0.4, -0.2) is 30.2 Å². The minimum absolute atomic E-state index is 0.435. The van der Waals surface area contributed by atoms with Crippen molar-refractivity contribution in [1.29, 1.82) is 0 Å². The highest BCUT2D eigenvalue weighted by Gasteiger charge is 2.32. The van der Waals surface area contributed by atoms with E-state index in [4.69, 9.17) is 4.74 Å². The summed E-state index contributed by atoms with van der Waals surface area (Å²) in [5.74, 6) is 3.14. The SMILES string of the molecule is CNc1cc(NC2CC2C)nc(COC)n1. The molecule has 16 heavy (non-hydrogen) atoms. The van der Waals surface area contributed by atoms with Gasteiger partial charge < -0.3 is 15.4 Å². The number of nitrogens with one attached hydrogen (secondary N) is 2. The fraction of sp³-hybridized carbons (Fsp3) is 0.636. The summed E-state index contributed by atoms with van der Waals surface area (Å²) in [6, 6.07) is 2.49. The smallest absolute Gasteiger partial charge is 0.158 e. The van der Waals surface area contributed by atoms with Crippen molar-refractivity contribution in [3.63, 3.8) is 0 Å². The van der Waals surface area contributed by atoms with Crippen molar-refractivity contribution < 1.29 is 4.74 Å². The Morgan fingerprint density at radius 1 is 1.44 bits per heavy atom. The number of nitrogens with zero attached hydrogens (tertiary/aromatic N) is 2. The molecule has 0 amide bonds. The van der Waals surface area contributed by atoms with Crippen LogP contribution in [0.3, 0.4) is 0 Å². The van der Waals surface area contributed by atoms with E-state index >= 15 is 0 Å². The molecule has 2 rings (SSSR count). The van der Waals surface area contributed by atoms with Crippen molar-refractivity contribution in [2.75, 3.05) is 24.8 Å². The molecule has 1 aromatic rings. The van der Waals surface area contributed by atoms with Crippen LogP contribution in [0.25, 0.3) is 0 Å². The van der Waals surface area contributed by atoms with Gasteiger partial charge in [-0.3, -0.25) is 0 Å². The van der Waals surface area contributed by atoms with Crippen LogP contribution < -0.4 is 10.6 Å². The van der Waals surface area contributed by atoms with E-state index in [1.807, 2.05) is 13.1 Å². The first-order valence-electron chi connectivity index (χ1n) is 5.54. The first-order valence-corrected chi connectivity index (χ1v) is 5.54. The molecule has 1 aliphatic carbocycles. The molecule has 1 heterocycles. The van der Waals surface area contributed by atoms with Gasteiger partial charge in [-0.15, -0.1) is 0 Å². The number of hydrogen-bond acceptors (Lipinski definition) is 5. The molecule has 5 nitrogen and oxygen atoms in total. The molecular formula is C11H18N4O. The molecule has 0 radical (unpaired) electrons. The lowest BCUT2D eigenvalue weighted by molar-refractivity contribution is 0.178. The highest BCUT2D eigenvalue weighted by molar-refractivity contribution is 5.48. The molecule has 2 atom stereocenters. The van der Waals surface area contributed by atoms with E-state index in [1.54, 1.807) is 7.11 Å². The largest absolute Gasteiger partial charge is 0.377 e. The molecular weight excluding hydrogens is 204 g/mol. The Labute approximate surface area is 95.6 Å². The van der Waals surface area contributed by atoms with E-state index in [0.29, 0.717) is 18.5 Å². The molecule has 0 spiro atoms. The van der Waals surface area contributed by atoms with Gasteiger partial charge in [0.1, 0.15) is 18.2 Å². The molecule has 0 bridgehead atoms. The lowest BCUT2D eigenvalue weighted by Crippen LogP contribution is -2.09. The highest BCUT2D eigenvalue weighted by Crippen LogP contribution is 2.32. The van der Waals surface area contributed by atoms with Crippen molar-refractivity contribution >= 4 is 11.6 Å². The summed E-state index contributed by atoms with van der Waals surface area (Å²) in [4.78, 5) is 8.70. The van der Waals surface area contributed by atoms with Gasteiger partial charge in [-0.1, -0.05) is 6.92 Å². The third kappa shape index (κ3) is 2.61. The molecule has 1 aromatic heterocycles. The van der Waals surface area contributed by atoms with Crippen LogP contribution in [0, 0.1) is 5.92 Å². The van der Waals surface area contributed by atoms with Crippen molar-refractivity contribution in [1.82, 2.24) is 9.97 Å². The fourth-order valence-electron chi connectivity index (χ4n) is 1.61. The summed E-state index contributed by atoms with van der Waals surface area (Å²) >= 11 is 0. The normalized spacial score (nSPS) is 22.9. The Morgan fingerprint density at radius 3 is 2.69 bits per heavy atom. The maximum absolute atomic E-state index is 5.04. The monoisotopic (exact) mass is 222 g/mol. The number of hydrogen-bond donors (Lipinski definition) is 2. The standard InChI is InChI=1S/C11H18N4O/c1-7-4-8(7)13-10-5-9(12-2)14-11(15-10)6-16-3/h5,7-8H,4,6H2,1-3H3,(H2,12,13,14,15).